The maximum absolute atomic E-state index is 12.0. The molecule has 0 saturated carbocycles. The summed E-state index contributed by atoms with van der Waals surface area (Å²) >= 11 is 19.8. The molecule has 0 N–H and O–H groups in total. The zero-order chi connectivity index (χ0) is 14.0. The highest BCUT2D eigenvalue weighted by molar-refractivity contribution is 9.12. The predicted molar refractivity (Wildman–Crippen MR) is 86.0 cm³/mol. The summed E-state index contributed by atoms with van der Waals surface area (Å²) in [5.74, 6) is 0.348. The van der Waals surface area contributed by atoms with Crippen molar-refractivity contribution < 1.29 is 9.53 Å². The van der Waals surface area contributed by atoms with Crippen molar-refractivity contribution in [2.45, 2.75) is 0 Å². The van der Waals surface area contributed by atoms with Gasteiger partial charge in [-0.1, -0.05) is 23.2 Å². The molecule has 0 aliphatic rings. The summed E-state index contributed by atoms with van der Waals surface area (Å²) in [4.78, 5) is 12.0. The van der Waals surface area contributed by atoms with E-state index in [4.69, 9.17) is 27.9 Å². The number of carbonyl (C=O) groups excluding carboxylic acids is 1. The molecule has 2 nitrogen and oxygen atoms in total. The van der Waals surface area contributed by atoms with Crippen LogP contribution in [0.4, 0.5) is 0 Å². The largest absolute Gasteiger partial charge is 0.485 e. The van der Waals surface area contributed by atoms with Crippen molar-refractivity contribution in [1.82, 2.24) is 0 Å². The Morgan fingerprint density at radius 1 is 1.16 bits per heavy atom. The molecule has 1 aromatic heterocycles. The lowest BCUT2D eigenvalue weighted by Gasteiger charge is -2.06. The molecule has 7 heteroatoms. The van der Waals surface area contributed by atoms with Crippen molar-refractivity contribution >= 4 is 72.2 Å². The third-order valence-electron chi connectivity index (χ3n) is 2.16. The van der Waals surface area contributed by atoms with Crippen molar-refractivity contribution in [3.63, 3.8) is 0 Å². The van der Waals surface area contributed by atoms with Crippen LogP contribution in [0.25, 0.3) is 0 Å². The number of benzene rings is 1. The Morgan fingerprint density at radius 2 is 1.79 bits per heavy atom. The molecule has 0 amide bonds. The molecule has 100 valence electrons. The monoisotopic (exact) mass is 442 g/mol. The average Bonchev–Trinajstić information content (AvgIpc) is 2.64. The van der Waals surface area contributed by atoms with E-state index >= 15 is 0 Å². The molecule has 1 heterocycles. The van der Waals surface area contributed by atoms with Crippen molar-refractivity contribution in [2.75, 3.05) is 6.61 Å². The van der Waals surface area contributed by atoms with Crippen LogP contribution in [0.5, 0.6) is 5.75 Å². The van der Waals surface area contributed by atoms with Gasteiger partial charge in [-0.05, 0) is 56.1 Å². The fraction of sp³-hybridized carbons (Fsp3) is 0.0833. The Bertz CT molecular complexity index is 608. The minimum Gasteiger partial charge on any atom is -0.485 e. The molecule has 0 atom stereocenters. The van der Waals surface area contributed by atoms with E-state index < -0.39 is 0 Å². The van der Waals surface area contributed by atoms with Crippen LogP contribution in [0.3, 0.4) is 0 Å². The highest BCUT2D eigenvalue weighted by Crippen LogP contribution is 2.32. The van der Waals surface area contributed by atoms with Gasteiger partial charge in [0.15, 0.2) is 6.61 Å². The maximum Gasteiger partial charge on any atom is 0.202 e. The number of hydrogen-bond donors (Lipinski definition) is 0. The quantitative estimate of drug-likeness (QED) is 0.553. The van der Waals surface area contributed by atoms with Crippen LogP contribution in [0, 0.1) is 0 Å². The Morgan fingerprint density at radius 3 is 2.32 bits per heavy atom. The number of thiophene rings is 1. The highest BCUT2D eigenvalue weighted by Gasteiger charge is 2.14. The van der Waals surface area contributed by atoms with E-state index in [1.165, 1.54) is 11.3 Å². The first-order chi connectivity index (χ1) is 8.95. The average molecular weight is 445 g/mol. The minimum absolute atomic E-state index is 0.0710. The number of ketones is 1. The van der Waals surface area contributed by atoms with Crippen LogP contribution in [0.15, 0.2) is 31.8 Å². The fourth-order valence-electron chi connectivity index (χ4n) is 1.37. The van der Waals surface area contributed by atoms with Crippen molar-refractivity contribution in [2.24, 2.45) is 0 Å². The van der Waals surface area contributed by atoms with Gasteiger partial charge >= 0.3 is 0 Å². The van der Waals surface area contributed by atoms with Gasteiger partial charge < -0.3 is 4.74 Å². The SMILES string of the molecule is O=C(COc1cc(Cl)cc(Cl)c1)c1cc(Br)sc1Br. The second-order valence-corrected chi connectivity index (χ2v) is 8.18. The summed E-state index contributed by atoms with van der Waals surface area (Å²) in [6.45, 7) is -0.0710. The van der Waals surface area contributed by atoms with E-state index in [0.29, 0.717) is 21.4 Å². The molecule has 0 fully saturated rings. The normalized spacial score (nSPS) is 10.5. The van der Waals surface area contributed by atoms with Crippen molar-refractivity contribution in [3.8, 4) is 5.75 Å². The lowest BCUT2D eigenvalue weighted by Crippen LogP contribution is -2.11. The van der Waals surface area contributed by atoms with E-state index in [-0.39, 0.29) is 12.4 Å². The van der Waals surface area contributed by atoms with Crippen LogP contribution in [0.2, 0.25) is 10.0 Å². The topological polar surface area (TPSA) is 26.3 Å². The number of carbonyl (C=O) groups is 1. The van der Waals surface area contributed by atoms with Crippen molar-refractivity contribution in [3.05, 3.63) is 47.4 Å². The second kappa shape index (κ2) is 6.59. The van der Waals surface area contributed by atoms with E-state index in [2.05, 4.69) is 31.9 Å². The van der Waals surface area contributed by atoms with Gasteiger partial charge in [-0.25, -0.2) is 0 Å². The number of Topliss-reactive ketones (excluding diaryl/α,β-unsaturated/α-hetero) is 1. The van der Waals surface area contributed by atoms with Crippen LogP contribution < -0.4 is 4.74 Å². The lowest BCUT2D eigenvalue weighted by atomic mass is 10.2. The molecule has 2 rings (SSSR count). The number of ether oxygens (including phenoxy) is 1. The Hall–Kier alpha value is -0.0700. The maximum atomic E-state index is 12.0. The van der Waals surface area contributed by atoms with E-state index in [0.717, 1.165) is 7.57 Å². The lowest BCUT2D eigenvalue weighted by molar-refractivity contribution is 0.0921. The number of hydrogen-bond acceptors (Lipinski definition) is 3. The molecular formula is C12H6Br2Cl2O2S. The zero-order valence-corrected chi connectivity index (χ0v) is 14.8. The van der Waals surface area contributed by atoms with Crippen LogP contribution in [-0.4, -0.2) is 12.4 Å². The standard InChI is InChI=1S/C12H6Br2Cl2O2S/c13-11-4-9(12(14)19-11)10(17)5-18-8-2-6(15)1-7(16)3-8/h1-4H,5H2. The van der Waals surface area contributed by atoms with E-state index in [9.17, 15) is 4.79 Å². The predicted octanol–water partition coefficient (Wildman–Crippen LogP) is 5.84. The van der Waals surface area contributed by atoms with Gasteiger partial charge in [0.2, 0.25) is 5.78 Å². The highest BCUT2D eigenvalue weighted by atomic mass is 79.9. The molecule has 0 radical (unpaired) electrons. The third-order valence-corrected chi connectivity index (χ3v) is 4.94. The fourth-order valence-corrected chi connectivity index (χ4v) is 4.73. The molecule has 0 bridgehead atoms. The number of halogens is 4. The molecule has 2 aromatic rings. The Balaban J connectivity index is 2.06. The first-order valence-corrected chi connectivity index (χ1v) is 8.18. The van der Waals surface area contributed by atoms with Crippen LogP contribution in [0.1, 0.15) is 10.4 Å². The van der Waals surface area contributed by atoms with Crippen LogP contribution in [-0.2, 0) is 0 Å². The third kappa shape index (κ3) is 4.20. The van der Waals surface area contributed by atoms with Gasteiger partial charge in [0.25, 0.3) is 0 Å². The summed E-state index contributed by atoms with van der Waals surface area (Å²) in [7, 11) is 0. The van der Waals surface area contributed by atoms with Gasteiger partial charge in [-0.15, -0.1) is 11.3 Å². The first kappa shape index (κ1) is 15.3. The summed E-state index contributed by atoms with van der Waals surface area (Å²) in [6, 6.07) is 6.58. The first-order valence-electron chi connectivity index (χ1n) is 5.02. The molecule has 0 aliphatic heterocycles. The molecule has 1 aromatic carbocycles. The van der Waals surface area contributed by atoms with Crippen LogP contribution >= 0.6 is 66.4 Å². The summed E-state index contributed by atoms with van der Waals surface area (Å²) in [5.41, 5.74) is 0.588. The summed E-state index contributed by atoms with van der Waals surface area (Å²) in [6.07, 6.45) is 0. The molecular weight excluding hydrogens is 439 g/mol. The molecule has 0 saturated heterocycles. The zero-order valence-electron chi connectivity index (χ0n) is 9.25. The molecule has 0 aliphatic carbocycles. The van der Waals surface area contributed by atoms with Crippen molar-refractivity contribution in [1.29, 1.82) is 0 Å². The molecule has 0 spiro atoms. The van der Waals surface area contributed by atoms with Gasteiger partial charge in [0, 0.05) is 15.6 Å². The molecule has 19 heavy (non-hydrogen) atoms. The Labute approximate surface area is 140 Å². The number of rotatable bonds is 4. The second-order valence-electron chi connectivity index (χ2n) is 3.55. The van der Waals surface area contributed by atoms with Gasteiger partial charge in [-0.3, -0.25) is 4.79 Å². The van der Waals surface area contributed by atoms with E-state index in [1.54, 1.807) is 24.3 Å². The molecule has 0 unspecified atom stereocenters. The van der Waals surface area contributed by atoms with E-state index in [1.807, 2.05) is 0 Å². The van der Waals surface area contributed by atoms with Gasteiger partial charge in [-0.2, -0.15) is 0 Å². The Kier molecular flexibility index (Phi) is 5.31. The van der Waals surface area contributed by atoms with Gasteiger partial charge in [0.05, 0.1) is 7.57 Å². The minimum atomic E-state index is -0.120. The summed E-state index contributed by atoms with van der Waals surface area (Å²) < 4.78 is 7.06. The smallest absolute Gasteiger partial charge is 0.202 e. The summed E-state index contributed by atoms with van der Waals surface area (Å²) in [5, 5.41) is 0.934. The van der Waals surface area contributed by atoms with Gasteiger partial charge in [0.1, 0.15) is 5.75 Å².